The molecule has 0 saturated carbocycles. The predicted octanol–water partition coefficient (Wildman–Crippen LogP) is 3.15. The Kier molecular flexibility index (Phi) is 4.81. The van der Waals surface area contributed by atoms with E-state index in [-0.39, 0.29) is 5.92 Å². The van der Waals surface area contributed by atoms with Crippen LogP contribution in [0.4, 0.5) is 0 Å². The van der Waals surface area contributed by atoms with Crippen LogP contribution in [0, 0.1) is 13.8 Å². The molecule has 0 saturated heterocycles. The largest absolute Gasteiger partial charge is 0.497 e. The molecule has 1 heterocycles. The number of aryl methyl sites for hydroxylation is 2. The third-order valence-corrected chi connectivity index (χ3v) is 4.88. The summed E-state index contributed by atoms with van der Waals surface area (Å²) in [4.78, 5) is 2.22. The smallest absolute Gasteiger partial charge is 0.118 e. The molecule has 108 valence electrons. The molecular weight excluding hydrogens is 270 g/mol. The Labute approximate surface area is 124 Å². The molecule has 3 nitrogen and oxygen atoms in total. The van der Waals surface area contributed by atoms with Crippen molar-refractivity contribution in [1.82, 2.24) is 0 Å². The fraction of sp³-hybridized carbons (Fsp3) is 0.375. The molecule has 0 aliphatic carbocycles. The van der Waals surface area contributed by atoms with E-state index in [1.54, 1.807) is 18.4 Å². The van der Waals surface area contributed by atoms with Gasteiger partial charge in [-0.3, -0.25) is 0 Å². The molecule has 2 aromatic rings. The fourth-order valence-electron chi connectivity index (χ4n) is 2.24. The van der Waals surface area contributed by atoms with Crippen LogP contribution in [0.15, 0.2) is 30.3 Å². The summed E-state index contributed by atoms with van der Waals surface area (Å²) in [5.41, 5.74) is 8.12. The van der Waals surface area contributed by atoms with Gasteiger partial charge in [0.15, 0.2) is 0 Å². The van der Waals surface area contributed by atoms with Crippen LogP contribution < -0.4 is 10.5 Å². The fourth-order valence-corrected chi connectivity index (χ4v) is 3.34. The van der Waals surface area contributed by atoms with Crippen LogP contribution in [0.25, 0.3) is 0 Å². The highest BCUT2D eigenvalue weighted by molar-refractivity contribution is 7.12. The standard InChI is InChI=1S/C16H21NO2S/c1-10-8-15(20-11(10)2)16(18)14(9-17)12-4-6-13(19-3)7-5-12/h4-8,14,16,18H,9,17H2,1-3H3. The molecule has 0 aliphatic rings. The van der Waals surface area contributed by atoms with Gasteiger partial charge in [0.25, 0.3) is 0 Å². The minimum atomic E-state index is -0.564. The first-order chi connectivity index (χ1) is 9.56. The summed E-state index contributed by atoms with van der Waals surface area (Å²) in [6, 6.07) is 9.78. The van der Waals surface area contributed by atoms with Crippen LogP contribution in [0.2, 0.25) is 0 Å². The van der Waals surface area contributed by atoms with Gasteiger partial charge >= 0.3 is 0 Å². The Morgan fingerprint density at radius 1 is 1.25 bits per heavy atom. The number of aliphatic hydroxyl groups is 1. The van der Waals surface area contributed by atoms with E-state index in [0.717, 1.165) is 16.2 Å². The SMILES string of the molecule is COc1ccc(C(CN)C(O)c2cc(C)c(C)s2)cc1. The van der Waals surface area contributed by atoms with E-state index in [1.807, 2.05) is 24.3 Å². The normalized spacial score (nSPS) is 14.1. The summed E-state index contributed by atoms with van der Waals surface area (Å²) < 4.78 is 5.16. The number of hydrogen-bond donors (Lipinski definition) is 2. The lowest BCUT2D eigenvalue weighted by molar-refractivity contribution is 0.151. The van der Waals surface area contributed by atoms with Gasteiger partial charge in [-0.1, -0.05) is 12.1 Å². The number of benzene rings is 1. The van der Waals surface area contributed by atoms with Crippen LogP contribution in [0.3, 0.4) is 0 Å². The second kappa shape index (κ2) is 6.39. The number of aliphatic hydroxyl groups excluding tert-OH is 1. The molecule has 1 aromatic heterocycles. The number of rotatable bonds is 5. The summed E-state index contributed by atoms with van der Waals surface area (Å²) >= 11 is 1.64. The van der Waals surface area contributed by atoms with Gasteiger partial charge in [0.2, 0.25) is 0 Å². The van der Waals surface area contributed by atoms with Gasteiger partial charge in [0, 0.05) is 22.2 Å². The van der Waals surface area contributed by atoms with E-state index in [4.69, 9.17) is 10.5 Å². The van der Waals surface area contributed by atoms with E-state index in [9.17, 15) is 5.11 Å². The minimum absolute atomic E-state index is 0.0987. The molecule has 4 heteroatoms. The first-order valence-electron chi connectivity index (χ1n) is 6.65. The molecule has 0 spiro atoms. The Morgan fingerprint density at radius 3 is 2.35 bits per heavy atom. The molecule has 1 aromatic carbocycles. The lowest BCUT2D eigenvalue weighted by Gasteiger charge is -2.21. The molecule has 20 heavy (non-hydrogen) atoms. The van der Waals surface area contributed by atoms with Gasteiger partial charge in [-0.25, -0.2) is 0 Å². The van der Waals surface area contributed by atoms with E-state index in [2.05, 4.69) is 19.9 Å². The molecule has 2 rings (SSSR count). The summed E-state index contributed by atoms with van der Waals surface area (Å²) in [5.74, 6) is 0.708. The topological polar surface area (TPSA) is 55.5 Å². The Balaban J connectivity index is 2.26. The van der Waals surface area contributed by atoms with E-state index < -0.39 is 6.10 Å². The zero-order valence-electron chi connectivity index (χ0n) is 12.1. The van der Waals surface area contributed by atoms with Gasteiger partial charge < -0.3 is 15.6 Å². The van der Waals surface area contributed by atoms with Gasteiger partial charge in [0.1, 0.15) is 5.75 Å². The van der Waals surface area contributed by atoms with Crippen molar-refractivity contribution in [3.8, 4) is 5.75 Å². The maximum absolute atomic E-state index is 10.6. The van der Waals surface area contributed by atoms with Crippen molar-refractivity contribution in [2.75, 3.05) is 13.7 Å². The van der Waals surface area contributed by atoms with Crippen LogP contribution >= 0.6 is 11.3 Å². The molecule has 0 aliphatic heterocycles. The third-order valence-electron chi connectivity index (χ3n) is 3.66. The van der Waals surface area contributed by atoms with E-state index >= 15 is 0 Å². The summed E-state index contributed by atoms with van der Waals surface area (Å²) in [6.45, 7) is 4.54. The van der Waals surface area contributed by atoms with Crippen molar-refractivity contribution in [1.29, 1.82) is 0 Å². The number of thiophene rings is 1. The summed E-state index contributed by atoms with van der Waals surface area (Å²) in [6.07, 6.45) is -0.564. The lowest BCUT2D eigenvalue weighted by atomic mass is 9.92. The van der Waals surface area contributed by atoms with Crippen LogP contribution in [-0.4, -0.2) is 18.8 Å². The summed E-state index contributed by atoms with van der Waals surface area (Å²) in [5, 5.41) is 10.6. The predicted molar refractivity (Wildman–Crippen MR) is 83.5 cm³/mol. The Bertz CT molecular complexity index is 543. The van der Waals surface area contributed by atoms with Crippen molar-refractivity contribution in [2.45, 2.75) is 25.9 Å². The molecule has 0 fully saturated rings. The second-order valence-corrected chi connectivity index (χ2v) is 6.24. The quantitative estimate of drug-likeness (QED) is 0.889. The van der Waals surface area contributed by atoms with Crippen LogP contribution in [0.1, 0.15) is 32.9 Å². The van der Waals surface area contributed by atoms with Gasteiger partial charge in [-0.05, 0) is 43.2 Å². The third kappa shape index (κ3) is 3.03. The first kappa shape index (κ1) is 15.0. The minimum Gasteiger partial charge on any atom is -0.497 e. The zero-order chi connectivity index (χ0) is 14.7. The van der Waals surface area contributed by atoms with E-state index in [1.165, 1.54) is 10.4 Å². The number of nitrogens with two attached hydrogens (primary N) is 1. The van der Waals surface area contributed by atoms with Crippen LogP contribution in [-0.2, 0) is 0 Å². The maximum atomic E-state index is 10.6. The molecular formula is C16H21NO2S. The number of methoxy groups -OCH3 is 1. The average molecular weight is 291 g/mol. The van der Waals surface area contributed by atoms with Crippen molar-refractivity contribution < 1.29 is 9.84 Å². The van der Waals surface area contributed by atoms with Crippen molar-refractivity contribution in [2.24, 2.45) is 5.73 Å². The average Bonchev–Trinajstić information content (AvgIpc) is 2.80. The highest BCUT2D eigenvalue weighted by Gasteiger charge is 2.23. The highest BCUT2D eigenvalue weighted by Crippen LogP contribution is 2.35. The van der Waals surface area contributed by atoms with Gasteiger partial charge in [0.05, 0.1) is 13.2 Å². The summed E-state index contributed by atoms with van der Waals surface area (Å²) in [7, 11) is 1.64. The Morgan fingerprint density at radius 2 is 1.90 bits per heavy atom. The molecule has 0 bridgehead atoms. The van der Waals surface area contributed by atoms with Gasteiger partial charge in [-0.2, -0.15) is 0 Å². The Hall–Kier alpha value is -1.36. The van der Waals surface area contributed by atoms with Crippen molar-refractivity contribution in [3.05, 3.63) is 51.2 Å². The molecule has 0 radical (unpaired) electrons. The monoisotopic (exact) mass is 291 g/mol. The van der Waals surface area contributed by atoms with Crippen LogP contribution in [0.5, 0.6) is 5.75 Å². The highest BCUT2D eigenvalue weighted by atomic mass is 32.1. The maximum Gasteiger partial charge on any atom is 0.118 e. The zero-order valence-corrected chi connectivity index (χ0v) is 12.9. The van der Waals surface area contributed by atoms with Crippen molar-refractivity contribution >= 4 is 11.3 Å². The first-order valence-corrected chi connectivity index (χ1v) is 7.47. The van der Waals surface area contributed by atoms with Gasteiger partial charge in [-0.15, -0.1) is 11.3 Å². The number of ether oxygens (including phenoxy) is 1. The molecule has 3 N–H and O–H groups in total. The molecule has 0 amide bonds. The molecule has 2 atom stereocenters. The molecule has 2 unspecified atom stereocenters. The van der Waals surface area contributed by atoms with Crippen molar-refractivity contribution in [3.63, 3.8) is 0 Å². The van der Waals surface area contributed by atoms with E-state index in [0.29, 0.717) is 6.54 Å². The number of hydrogen-bond acceptors (Lipinski definition) is 4. The lowest BCUT2D eigenvalue weighted by Crippen LogP contribution is -2.19. The second-order valence-electron chi connectivity index (χ2n) is 4.95.